The summed E-state index contributed by atoms with van der Waals surface area (Å²) >= 11 is 15.7. The lowest BCUT2D eigenvalue weighted by atomic mass is 10.1. The van der Waals surface area contributed by atoms with Crippen LogP contribution in [0.1, 0.15) is 39.2 Å². The van der Waals surface area contributed by atoms with E-state index in [9.17, 15) is 18.0 Å². The second kappa shape index (κ2) is 12.9. The van der Waals surface area contributed by atoms with E-state index in [4.69, 9.17) is 23.2 Å². The van der Waals surface area contributed by atoms with Crippen molar-refractivity contribution >= 4 is 66.7 Å². The van der Waals surface area contributed by atoms with Crippen molar-refractivity contribution in [2.75, 3.05) is 17.1 Å². The molecule has 1 N–H and O–H groups in total. The van der Waals surface area contributed by atoms with Crippen molar-refractivity contribution in [2.45, 2.75) is 52.2 Å². The molecule has 35 heavy (non-hydrogen) atoms. The minimum absolute atomic E-state index is 0.0131. The van der Waals surface area contributed by atoms with Crippen LogP contribution in [0.4, 0.5) is 5.69 Å². The van der Waals surface area contributed by atoms with E-state index in [1.807, 2.05) is 13.8 Å². The summed E-state index contributed by atoms with van der Waals surface area (Å²) < 4.78 is 27.0. The third kappa shape index (κ3) is 8.37. The van der Waals surface area contributed by atoms with Crippen LogP contribution in [0.2, 0.25) is 10.0 Å². The Morgan fingerprint density at radius 2 is 1.69 bits per heavy atom. The molecule has 11 heteroatoms. The molecule has 0 aromatic heterocycles. The molecule has 2 amide bonds. The Balaban J connectivity index is 2.46. The lowest BCUT2D eigenvalue weighted by Gasteiger charge is -2.33. The number of halogens is 3. The van der Waals surface area contributed by atoms with Crippen molar-refractivity contribution in [2.24, 2.45) is 0 Å². The summed E-state index contributed by atoms with van der Waals surface area (Å²) in [4.78, 5) is 28.1. The molecule has 2 aromatic carbocycles. The molecule has 0 saturated heterocycles. The molecule has 2 atom stereocenters. The van der Waals surface area contributed by atoms with Gasteiger partial charge in [0.15, 0.2) is 0 Å². The molecule has 0 aliphatic heterocycles. The normalized spacial score (nSPS) is 13.1. The van der Waals surface area contributed by atoms with Gasteiger partial charge in [-0.05, 0) is 61.7 Å². The number of anilines is 1. The van der Waals surface area contributed by atoms with Gasteiger partial charge in [-0.3, -0.25) is 13.9 Å². The Morgan fingerprint density at radius 3 is 2.20 bits per heavy atom. The maximum atomic E-state index is 13.6. The molecule has 2 rings (SSSR count). The molecular formula is C24H30BrCl2N3O4S. The van der Waals surface area contributed by atoms with E-state index in [1.165, 1.54) is 4.90 Å². The first-order valence-electron chi connectivity index (χ1n) is 11.1. The maximum Gasteiger partial charge on any atom is 0.244 e. The Labute approximate surface area is 225 Å². The molecule has 0 radical (unpaired) electrons. The fourth-order valence-electron chi connectivity index (χ4n) is 3.42. The van der Waals surface area contributed by atoms with Gasteiger partial charge in [-0.1, -0.05) is 59.0 Å². The van der Waals surface area contributed by atoms with Gasteiger partial charge in [0.1, 0.15) is 12.6 Å². The number of hydrogen-bond donors (Lipinski definition) is 1. The minimum Gasteiger partial charge on any atom is -0.352 e. The minimum atomic E-state index is -3.80. The van der Waals surface area contributed by atoms with Crippen molar-refractivity contribution in [1.29, 1.82) is 0 Å². The number of rotatable bonds is 11. The van der Waals surface area contributed by atoms with Gasteiger partial charge < -0.3 is 10.2 Å². The summed E-state index contributed by atoms with van der Waals surface area (Å²) in [5.41, 5.74) is 0.930. The van der Waals surface area contributed by atoms with E-state index in [0.717, 1.165) is 21.5 Å². The highest BCUT2D eigenvalue weighted by Crippen LogP contribution is 2.25. The fourth-order valence-corrected chi connectivity index (χ4v) is 5.00. The average Bonchev–Trinajstić information content (AvgIpc) is 2.78. The van der Waals surface area contributed by atoms with Crippen LogP contribution in [0.5, 0.6) is 0 Å². The smallest absolute Gasteiger partial charge is 0.244 e. The summed E-state index contributed by atoms with van der Waals surface area (Å²) in [5.74, 6) is -0.842. The van der Waals surface area contributed by atoms with Gasteiger partial charge in [-0.2, -0.15) is 0 Å². The lowest BCUT2D eigenvalue weighted by molar-refractivity contribution is -0.140. The third-order valence-electron chi connectivity index (χ3n) is 5.54. The molecule has 7 nitrogen and oxygen atoms in total. The van der Waals surface area contributed by atoms with Crippen LogP contribution in [-0.2, 0) is 26.2 Å². The molecule has 0 aliphatic carbocycles. The van der Waals surface area contributed by atoms with Crippen molar-refractivity contribution < 1.29 is 18.0 Å². The summed E-state index contributed by atoms with van der Waals surface area (Å²) in [5, 5.41) is 3.71. The summed E-state index contributed by atoms with van der Waals surface area (Å²) in [6.07, 6.45) is 2.09. The Bertz CT molecular complexity index is 1150. The van der Waals surface area contributed by atoms with Crippen molar-refractivity contribution in [3.8, 4) is 0 Å². The first kappa shape index (κ1) is 29.4. The van der Waals surface area contributed by atoms with Gasteiger partial charge in [0, 0.05) is 27.1 Å². The molecule has 0 bridgehead atoms. The first-order chi connectivity index (χ1) is 16.4. The number of carbonyl (C=O) groups is 2. The molecule has 0 unspecified atom stereocenters. The summed E-state index contributed by atoms with van der Waals surface area (Å²) in [6, 6.07) is 10.6. The number of nitrogens with zero attached hydrogens (tertiary/aromatic N) is 2. The monoisotopic (exact) mass is 605 g/mol. The molecule has 0 fully saturated rings. The second-order valence-corrected chi connectivity index (χ2v) is 11.9. The van der Waals surface area contributed by atoms with Gasteiger partial charge in [0.2, 0.25) is 21.8 Å². The number of hydrogen-bond acceptors (Lipinski definition) is 4. The number of benzene rings is 2. The van der Waals surface area contributed by atoms with Gasteiger partial charge in [0.25, 0.3) is 0 Å². The van der Waals surface area contributed by atoms with E-state index < -0.39 is 28.5 Å². The third-order valence-corrected chi connectivity index (χ3v) is 7.79. The number of amides is 2. The topological polar surface area (TPSA) is 86.8 Å². The fraction of sp³-hybridized carbons (Fsp3) is 0.417. The second-order valence-electron chi connectivity index (χ2n) is 8.25. The van der Waals surface area contributed by atoms with Gasteiger partial charge in [-0.25, -0.2) is 8.42 Å². The van der Waals surface area contributed by atoms with Crippen LogP contribution in [0.15, 0.2) is 46.9 Å². The summed E-state index contributed by atoms with van der Waals surface area (Å²) in [7, 11) is -3.80. The zero-order chi connectivity index (χ0) is 26.3. The standard InChI is InChI=1S/C24H30BrCl2N3O4S/c1-5-16(3)28-24(32)22(6-2)29(14-17-7-10-19(26)13-21(17)27)23(31)15-30(35(4,33)34)20-11-8-18(25)9-12-20/h7-13,16,22H,5-6,14-15H2,1-4H3,(H,28,32)/t16-,22+/m1/s1. The van der Waals surface area contributed by atoms with Crippen LogP contribution in [-0.4, -0.2) is 50.0 Å². The quantitative estimate of drug-likeness (QED) is 0.379. The van der Waals surface area contributed by atoms with Gasteiger partial charge >= 0.3 is 0 Å². The van der Waals surface area contributed by atoms with E-state index in [1.54, 1.807) is 49.4 Å². The molecule has 0 heterocycles. The molecule has 0 saturated carbocycles. The van der Waals surface area contributed by atoms with Crippen LogP contribution in [0.3, 0.4) is 0 Å². The molecule has 2 aromatic rings. The van der Waals surface area contributed by atoms with Crippen molar-refractivity contribution in [3.05, 3.63) is 62.5 Å². The Kier molecular flexibility index (Phi) is 10.9. The zero-order valence-corrected chi connectivity index (χ0v) is 24.0. The molecule has 0 spiro atoms. The highest BCUT2D eigenvalue weighted by atomic mass is 79.9. The lowest BCUT2D eigenvalue weighted by Crippen LogP contribution is -2.53. The van der Waals surface area contributed by atoms with Crippen LogP contribution < -0.4 is 9.62 Å². The SMILES string of the molecule is CC[C@@H](C)NC(=O)[C@H](CC)N(Cc1ccc(Cl)cc1Cl)C(=O)CN(c1ccc(Br)cc1)S(C)(=O)=O. The first-order valence-corrected chi connectivity index (χ1v) is 14.5. The summed E-state index contributed by atoms with van der Waals surface area (Å²) in [6.45, 7) is 5.17. The van der Waals surface area contributed by atoms with Gasteiger partial charge in [0.05, 0.1) is 11.9 Å². The Hall–Kier alpha value is -1.81. The van der Waals surface area contributed by atoms with Crippen molar-refractivity contribution in [1.82, 2.24) is 10.2 Å². The Morgan fingerprint density at radius 1 is 1.06 bits per heavy atom. The number of nitrogens with one attached hydrogen (secondary N) is 1. The van der Waals surface area contributed by atoms with Gasteiger partial charge in [-0.15, -0.1) is 0 Å². The van der Waals surface area contributed by atoms with Crippen LogP contribution >= 0.6 is 39.1 Å². The van der Waals surface area contributed by atoms with Crippen molar-refractivity contribution in [3.63, 3.8) is 0 Å². The zero-order valence-electron chi connectivity index (χ0n) is 20.1. The molecule has 0 aliphatic rings. The predicted molar refractivity (Wildman–Crippen MR) is 145 cm³/mol. The highest BCUT2D eigenvalue weighted by molar-refractivity contribution is 9.10. The van der Waals surface area contributed by atoms with E-state index in [-0.39, 0.29) is 18.5 Å². The predicted octanol–water partition coefficient (Wildman–Crippen LogP) is 5.24. The number of carbonyl (C=O) groups excluding carboxylic acids is 2. The van der Waals surface area contributed by atoms with E-state index in [2.05, 4.69) is 21.2 Å². The van der Waals surface area contributed by atoms with Crippen LogP contribution in [0.25, 0.3) is 0 Å². The largest absolute Gasteiger partial charge is 0.352 e. The number of sulfonamides is 1. The maximum absolute atomic E-state index is 13.6. The van der Waals surface area contributed by atoms with Crippen LogP contribution in [0, 0.1) is 0 Å². The average molecular weight is 607 g/mol. The van der Waals surface area contributed by atoms with E-state index >= 15 is 0 Å². The molecular weight excluding hydrogens is 577 g/mol. The van der Waals surface area contributed by atoms with E-state index in [0.29, 0.717) is 27.7 Å². The highest BCUT2D eigenvalue weighted by Gasteiger charge is 2.32. The molecule has 192 valence electrons.